The Bertz CT molecular complexity index is 602. The van der Waals surface area contributed by atoms with Gasteiger partial charge >= 0.3 is 65.4 Å². The molecule has 0 aromatic rings. The molecule has 0 amide bonds. The molecule has 6 N–H and O–H groups in total. The maximum atomic E-state index is 11.6. The molecular formula is C19H31N2NaO10. The van der Waals surface area contributed by atoms with Gasteiger partial charge in [0, 0.05) is 25.7 Å². The van der Waals surface area contributed by atoms with E-state index in [4.69, 9.17) is 21.7 Å². The molecule has 178 valence electrons. The molecule has 2 unspecified atom stereocenters. The van der Waals surface area contributed by atoms with Crippen LogP contribution in [0.2, 0.25) is 0 Å². The minimum absolute atomic E-state index is 0. The molecule has 0 heterocycles. The monoisotopic (exact) mass is 470 g/mol. The topological polar surface area (TPSA) is 213 Å². The Morgan fingerprint density at radius 2 is 0.906 bits per heavy atom. The standard InChI is InChI=1S/C19H30N2O10.Na.H/c20-12(8-10-14(22)23)18(28)30-16(26)6-4-2-1-3-5-7-17(27)31-19(29)13(21)9-11-15(24)25;;/h12-13H,1-11,20-21H2,(H,22,23)(H,24,25);;. The summed E-state index contributed by atoms with van der Waals surface area (Å²) in [5.74, 6) is -5.60. The zero-order valence-corrected chi connectivity index (χ0v) is 17.2. The van der Waals surface area contributed by atoms with Crippen LogP contribution in [0.25, 0.3) is 0 Å². The summed E-state index contributed by atoms with van der Waals surface area (Å²) in [5.41, 5.74) is 10.9. The van der Waals surface area contributed by atoms with E-state index in [1.165, 1.54) is 0 Å². The molecule has 0 saturated carbocycles. The molecule has 0 aromatic carbocycles. The van der Waals surface area contributed by atoms with E-state index in [2.05, 4.69) is 9.47 Å². The summed E-state index contributed by atoms with van der Waals surface area (Å²) in [6, 6.07) is -2.34. The van der Waals surface area contributed by atoms with Gasteiger partial charge in [-0.05, 0) is 25.7 Å². The number of hydrogen-bond acceptors (Lipinski definition) is 10. The second-order valence-electron chi connectivity index (χ2n) is 6.93. The number of ether oxygens (including phenoxy) is 2. The van der Waals surface area contributed by atoms with Crippen molar-refractivity contribution in [2.24, 2.45) is 11.5 Å². The normalized spacial score (nSPS) is 12.1. The molecule has 0 aromatic heterocycles. The number of aliphatic carboxylic acids is 2. The van der Waals surface area contributed by atoms with Gasteiger partial charge in [-0.25, -0.2) is 9.59 Å². The Labute approximate surface area is 207 Å². The third-order valence-corrected chi connectivity index (χ3v) is 4.13. The van der Waals surface area contributed by atoms with Crippen molar-refractivity contribution in [1.29, 1.82) is 0 Å². The molecule has 0 spiro atoms. The van der Waals surface area contributed by atoms with E-state index in [1.807, 2.05) is 0 Å². The van der Waals surface area contributed by atoms with E-state index >= 15 is 0 Å². The first-order valence-corrected chi connectivity index (χ1v) is 9.96. The van der Waals surface area contributed by atoms with Crippen LogP contribution >= 0.6 is 0 Å². The first-order valence-electron chi connectivity index (χ1n) is 9.96. The SMILES string of the molecule is NC(CCC(=O)O)C(=O)OC(=O)CCCCCCCC(=O)OC(=O)C(N)CCC(=O)O.[NaH]. The molecule has 0 fully saturated rings. The van der Waals surface area contributed by atoms with Gasteiger partial charge < -0.3 is 31.2 Å². The van der Waals surface area contributed by atoms with Crippen LogP contribution in [0.5, 0.6) is 0 Å². The molecule has 0 bridgehead atoms. The summed E-state index contributed by atoms with van der Waals surface area (Å²) in [6.07, 6.45) is 2.05. The third-order valence-electron chi connectivity index (χ3n) is 4.13. The van der Waals surface area contributed by atoms with Crippen LogP contribution in [0.1, 0.15) is 70.6 Å². The molecule has 0 aliphatic carbocycles. The number of nitrogens with two attached hydrogens (primary N) is 2. The molecule has 32 heavy (non-hydrogen) atoms. The van der Waals surface area contributed by atoms with Crippen LogP contribution in [0.3, 0.4) is 0 Å². The number of rotatable bonds is 16. The van der Waals surface area contributed by atoms with Crippen LogP contribution in [0.15, 0.2) is 0 Å². The fourth-order valence-electron chi connectivity index (χ4n) is 2.34. The molecule has 0 radical (unpaired) electrons. The van der Waals surface area contributed by atoms with E-state index in [0.29, 0.717) is 32.1 Å². The number of esters is 4. The van der Waals surface area contributed by atoms with Crippen LogP contribution in [-0.2, 0) is 38.2 Å². The van der Waals surface area contributed by atoms with Crippen molar-refractivity contribution >= 4 is 65.4 Å². The van der Waals surface area contributed by atoms with Crippen LogP contribution in [-0.4, -0.2) is 87.7 Å². The number of carbonyl (C=O) groups excluding carboxylic acids is 4. The Hall–Kier alpha value is -1.86. The van der Waals surface area contributed by atoms with Gasteiger partial charge in [0.2, 0.25) is 0 Å². The zero-order valence-electron chi connectivity index (χ0n) is 17.2. The Morgan fingerprint density at radius 1 is 0.594 bits per heavy atom. The van der Waals surface area contributed by atoms with Crippen molar-refractivity contribution in [1.82, 2.24) is 0 Å². The van der Waals surface area contributed by atoms with Gasteiger partial charge in [0.05, 0.1) is 0 Å². The third kappa shape index (κ3) is 17.8. The van der Waals surface area contributed by atoms with Crippen LogP contribution < -0.4 is 11.5 Å². The predicted molar refractivity (Wildman–Crippen MR) is 111 cm³/mol. The van der Waals surface area contributed by atoms with Crippen molar-refractivity contribution < 1.29 is 48.5 Å². The average molecular weight is 470 g/mol. The second-order valence-corrected chi connectivity index (χ2v) is 6.93. The quantitative estimate of drug-likeness (QED) is 0.0980. The summed E-state index contributed by atoms with van der Waals surface area (Å²) < 4.78 is 9.12. The van der Waals surface area contributed by atoms with E-state index in [0.717, 1.165) is 0 Å². The summed E-state index contributed by atoms with van der Waals surface area (Å²) in [6.45, 7) is 0. The second kappa shape index (κ2) is 18.7. The first-order chi connectivity index (χ1) is 14.5. The summed E-state index contributed by atoms with van der Waals surface area (Å²) in [7, 11) is 0. The van der Waals surface area contributed by atoms with E-state index < -0.39 is 47.9 Å². The molecular weight excluding hydrogens is 439 g/mol. The van der Waals surface area contributed by atoms with Crippen molar-refractivity contribution in [3.8, 4) is 0 Å². The molecule has 0 rings (SSSR count). The fourth-order valence-corrected chi connectivity index (χ4v) is 2.34. The number of carboxylic acids is 2. The van der Waals surface area contributed by atoms with Gasteiger partial charge in [-0.15, -0.1) is 0 Å². The maximum absolute atomic E-state index is 11.6. The molecule has 13 heteroatoms. The van der Waals surface area contributed by atoms with Gasteiger partial charge in [-0.1, -0.05) is 19.3 Å². The van der Waals surface area contributed by atoms with Gasteiger partial charge in [0.1, 0.15) is 12.1 Å². The van der Waals surface area contributed by atoms with E-state index in [1.54, 1.807) is 0 Å². The molecule has 2 atom stereocenters. The van der Waals surface area contributed by atoms with E-state index in [-0.39, 0.29) is 68.1 Å². The predicted octanol–water partition coefficient (Wildman–Crippen LogP) is -0.408. The summed E-state index contributed by atoms with van der Waals surface area (Å²) in [5, 5.41) is 17.0. The summed E-state index contributed by atoms with van der Waals surface area (Å²) >= 11 is 0. The summed E-state index contributed by atoms with van der Waals surface area (Å²) in [4.78, 5) is 67.0. The number of hydrogen-bond donors (Lipinski definition) is 4. The van der Waals surface area contributed by atoms with Gasteiger partial charge in [0.15, 0.2) is 0 Å². The fraction of sp³-hybridized carbons (Fsp3) is 0.684. The average Bonchev–Trinajstić information content (AvgIpc) is 2.68. The van der Waals surface area contributed by atoms with Crippen molar-refractivity contribution in [3.63, 3.8) is 0 Å². The Balaban J connectivity index is 0. The van der Waals surface area contributed by atoms with Crippen molar-refractivity contribution in [3.05, 3.63) is 0 Å². The number of unbranched alkanes of at least 4 members (excludes halogenated alkanes) is 4. The number of carboxylic acid groups (broad SMARTS) is 2. The van der Waals surface area contributed by atoms with Crippen molar-refractivity contribution in [2.45, 2.75) is 82.7 Å². The first kappa shape index (κ1) is 32.3. The minimum atomic E-state index is -1.17. The Morgan fingerprint density at radius 3 is 1.22 bits per heavy atom. The zero-order chi connectivity index (χ0) is 23.8. The molecule has 0 aliphatic heterocycles. The van der Waals surface area contributed by atoms with Gasteiger partial charge in [-0.3, -0.25) is 19.2 Å². The van der Waals surface area contributed by atoms with Crippen LogP contribution in [0.4, 0.5) is 0 Å². The molecule has 0 aliphatic rings. The molecule has 12 nitrogen and oxygen atoms in total. The number of carbonyl (C=O) groups is 6. The van der Waals surface area contributed by atoms with Crippen LogP contribution in [0, 0.1) is 0 Å². The van der Waals surface area contributed by atoms with E-state index in [9.17, 15) is 28.8 Å². The molecule has 0 saturated heterocycles. The van der Waals surface area contributed by atoms with Crippen molar-refractivity contribution in [2.75, 3.05) is 0 Å². The van der Waals surface area contributed by atoms with Gasteiger partial charge in [-0.2, -0.15) is 0 Å². The van der Waals surface area contributed by atoms with Gasteiger partial charge in [0.25, 0.3) is 0 Å². The Kier molecular flexibility index (Phi) is 18.9.